The van der Waals surface area contributed by atoms with Crippen LogP contribution in [0.1, 0.15) is 32.3 Å². The van der Waals surface area contributed by atoms with Gasteiger partial charge in [0, 0.05) is 18.4 Å². The zero-order chi connectivity index (χ0) is 26.1. The number of nitrogens with zero attached hydrogens (tertiary/aromatic N) is 1. The van der Waals surface area contributed by atoms with Crippen molar-refractivity contribution in [1.82, 2.24) is 20.2 Å². The number of aromatic nitrogens is 2. The summed E-state index contributed by atoms with van der Waals surface area (Å²) in [5, 5.41) is 7.74. The Balaban J connectivity index is 0.00000648. The predicted molar refractivity (Wildman–Crippen MR) is 134 cm³/mol. The van der Waals surface area contributed by atoms with E-state index in [9.17, 15) is 28.4 Å². The SMILES string of the molecule is CC(C)[C@H](N)C(=O)N[C@@H](CCCNC(N)=O)C(=O)Nc1ccc(Cn2c(=O)[nH]cc(F)c2=O)cc1.Cl. The fourth-order valence-corrected chi connectivity index (χ4v) is 3.09. The summed E-state index contributed by atoms with van der Waals surface area (Å²) in [6, 6.07) is 3.78. The number of rotatable bonds is 11. The number of halogens is 2. The molecule has 1 aromatic carbocycles. The molecule has 1 aromatic heterocycles. The van der Waals surface area contributed by atoms with Gasteiger partial charge in [0.25, 0.3) is 5.56 Å². The van der Waals surface area contributed by atoms with E-state index in [-0.39, 0.29) is 37.8 Å². The Hall–Kier alpha value is -3.71. The van der Waals surface area contributed by atoms with E-state index in [1.807, 2.05) is 0 Å². The minimum atomic E-state index is -1.08. The van der Waals surface area contributed by atoms with Crippen LogP contribution in [-0.4, -0.2) is 46.0 Å². The van der Waals surface area contributed by atoms with Gasteiger partial charge in [0.15, 0.2) is 0 Å². The molecule has 0 aliphatic rings. The van der Waals surface area contributed by atoms with Gasteiger partial charge in [0.1, 0.15) is 6.04 Å². The van der Waals surface area contributed by atoms with E-state index < -0.39 is 47.0 Å². The van der Waals surface area contributed by atoms with E-state index in [4.69, 9.17) is 11.5 Å². The first kappa shape index (κ1) is 30.3. The van der Waals surface area contributed by atoms with Crippen molar-refractivity contribution in [2.24, 2.45) is 17.4 Å². The smallest absolute Gasteiger partial charge is 0.328 e. The summed E-state index contributed by atoms with van der Waals surface area (Å²) in [6.45, 7) is 3.62. The molecule has 2 rings (SSSR count). The Bertz CT molecular complexity index is 1170. The second-order valence-electron chi connectivity index (χ2n) is 8.28. The third-order valence-electron chi connectivity index (χ3n) is 5.20. The molecule has 0 bridgehead atoms. The second kappa shape index (κ2) is 14.0. The van der Waals surface area contributed by atoms with Crippen LogP contribution >= 0.6 is 12.4 Å². The quantitative estimate of drug-likeness (QED) is 0.222. The average molecular weight is 528 g/mol. The van der Waals surface area contributed by atoms with E-state index in [0.717, 1.165) is 0 Å². The first-order valence-corrected chi connectivity index (χ1v) is 11.0. The molecule has 0 spiro atoms. The number of anilines is 1. The van der Waals surface area contributed by atoms with Crippen LogP contribution in [0.3, 0.4) is 0 Å². The highest BCUT2D eigenvalue weighted by Crippen LogP contribution is 2.12. The Kier molecular flexibility index (Phi) is 11.8. The third-order valence-corrected chi connectivity index (χ3v) is 5.20. The number of hydrogen-bond acceptors (Lipinski definition) is 6. The van der Waals surface area contributed by atoms with Crippen LogP contribution in [0, 0.1) is 11.7 Å². The van der Waals surface area contributed by atoms with Gasteiger partial charge >= 0.3 is 11.7 Å². The van der Waals surface area contributed by atoms with Gasteiger partial charge in [0.2, 0.25) is 17.6 Å². The summed E-state index contributed by atoms with van der Waals surface area (Å²) >= 11 is 0. The lowest BCUT2D eigenvalue weighted by molar-refractivity contribution is -0.128. The fraction of sp³-hybridized carbons (Fsp3) is 0.409. The predicted octanol–water partition coefficient (Wildman–Crippen LogP) is 0.000900. The summed E-state index contributed by atoms with van der Waals surface area (Å²) in [6.07, 6.45) is 1.28. The monoisotopic (exact) mass is 527 g/mol. The molecule has 0 aliphatic carbocycles. The molecule has 36 heavy (non-hydrogen) atoms. The molecular formula is C22H31ClFN7O5. The largest absolute Gasteiger partial charge is 0.352 e. The summed E-state index contributed by atoms with van der Waals surface area (Å²) < 4.78 is 14.2. The molecule has 8 N–H and O–H groups in total. The summed E-state index contributed by atoms with van der Waals surface area (Å²) in [5.74, 6) is -2.20. The molecule has 0 saturated carbocycles. The van der Waals surface area contributed by atoms with Gasteiger partial charge in [-0.05, 0) is 36.5 Å². The maximum absolute atomic E-state index is 13.5. The van der Waals surface area contributed by atoms with Crippen molar-refractivity contribution in [1.29, 1.82) is 0 Å². The standard InChI is InChI=1S/C22H30FN7O5.ClH/c1-12(2)17(24)19(32)29-16(4-3-9-26-21(25)34)18(31)28-14-7-5-13(6-8-14)11-30-20(33)15(23)10-27-22(30)35;/h5-8,10,12,16-17H,3-4,9,11,24H2,1-2H3,(H,27,35)(H,28,31)(H,29,32)(H3,25,26,34);1H/t16-,17-;/m0./s1. The Morgan fingerprint density at radius 2 is 1.75 bits per heavy atom. The lowest BCUT2D eigenvalue weighted by Gasteiger charge is -2.22. The van der Waals surface area contributed by atoms with Gasteiger partial charge in [-0.25, -0.2) is 9.59 Å². The zero-order valence-corrected chi connectivity index (χ0v) is 20.7. The minimum Gasteiger partial charge on any atom is -0.352 e. The fourth-order valence-electron chi connectivity index (χ4n) is 3.09. The molecule has 0 saturated heterocycles. The van der Waals surface area contributed by atoms with Crippen LogP contribution in [0.2, 0.25) is 0 Å². The minimum absolute atomic E-state index is 0. The average Bonchev–Trinajstić information content (AvgIpc) is 2.81. The molecule has 198 valence electrons. The number of nitrogens with two attached hydrogens (primary N) is 2. The molecule has 0 fully saturated rings. The molecule has 12 nitrogen and oxygen atoms in total. The number of H-pyrrole nitrogens is 1. The highest BCUT2D eigenvalue weighted by Gasteiger charge is 2.25. The van der Waals surface area contributed by atoms with Crippen LogP contribution in [0.25, 0.3) is 0 Å². The molecule has 2 aromatic rings. The Morgan fingerprint density at radius 3 is 2.33 bits per heavy atom. The molecule has 4 amide bonds. The second-order valence-corrected chi connectivity index (χ2v) is 8.28. The van der Waals surface area contributed by atoms with E-state index in [1.165, 1.54) is 0 Å². The van der Waals surface area contributed by atoms with Crippen molar-refractivity contribution in [3.8, 4) is 0 Å². The first-order chi connectivity index (χ1) is 16.5. The molecule has 0 radical (unpaired) electrons. The van der Waals surface area contributed by atoms with Crippen molar-refractivity contribution < 1.29 is 18.8 Å². The van der Waals surface area contributed by atoms with Gasteiger partial charge < -0.3 is 32.4 Å². The highest BCUT2D eigenvalue weighted by atomic mass is 35.5. The number of nitrogens with one attached hydrogen (secondary N) is 4. The van der Waals surface area contributed by atoms with Crippen molar-refractivity contribution in [2.75, 3.05) is 11.9 Å². The van der Waals surface area contributed by atoms with Crippen LogP contribution in [0.15, 0.2) is 40.1 Å². The van der Waals surface area contributed by atoms with Gasteiger partial charge in [-0.2, -0.15) is 4.39 Å². The maximum Gasteiger partial charge on any atom is 0.328 e. The number of urea groups is 1. The summed E-state index contributed by atoms with van der Waals surface area (Å²) in [5.41, 5.74) is 10.0. The molecule has 14 heteroatoms. The van der Waals surface area contributed by atoms with Gasteiger partial charge in [-0.15, -0.1) is 12.4 Å². The van der Waals surface area contributed by atoms with Gasteiger partial charge in [-0.1, -0.05) is 26.0 Å². The lowest BCUT2D eigenvalue weighted by atomic mass is 10.0. The number of benzene rings is 1. The van der Waals surface area contributed by atoms with Crippen molar-refractivity contribution in [2.45, 2.75) is 45.3 Å². The zero-order valence-electron chi connectivity index (χ0n) is 19.9. The van der Waals surface area contributed by atoms with Gasteiger partial charge in [-0.3, -0.25) is 19.0 Å². The van der Waals surface area contributed by atoms with Gasteiger partial charge in [0.05, 0.1) is 12.6 Å². The van der Waals surface area contributed by atoms with E-state index in [2.05, 4.69) is 20.9 Å². The van der Waals surface area contributed by atoms with Crippen LogP contribution in [0.5, 0.6) is 0 Å². The van der Waals surface area contributed by atoms with Crippen molar-refractivity contribution >= 4 is 35.9 Å². The van der Waals surface area contributed by atoms with Crippen LogP contribution in [-0.2, 0) is 16.1 Å². The topological polar surface area (TPSA) is 194 Å². The molecule has 0 aliphatic heterocycles. The first-order valence-electron chi connectivity index (χ1n) is 11.0. The number of primary amides is 1. The van der Waals surface area contributed by atoms with E-state index >= 15 is 0 Å². The van der Waals surface area contributed by atoms with Crippen LogP contribution in [0.4, 0.5) is 14.9 Å². The Labute approximate surface area is 212 Å². The maximum atomic E-state index is 13.5. The number of carbonyl (C=O) groups is 3. The van der Waals surface area contributed by atoms with Crippen LogP contribution < -0.4 is 38.7 Å². The molecule has 1 heterocycles. The summed E-state index contributed by atoms with van der Waals surface area (Å²) in [4.78, 5) is 61.9. The normalized spacial score (nSPS) is 12.2. The number of aromatic amines is 1. The molecule has 2 atom stereocenters. The van der Waals surface area contributed by atoms with Crippen molar-refractivity contribution in [3.63, 3.8) is 0 Å². The Morgan fingerprint density at radius 1 is 1.11 bits per heavy atom. The van der Waals surface area contributed by atoms with Crippen molar-refractivity contribution in [3.05, 3.63) is 62.7 Å². The van der Waals surface area contributed by atoms with E-state index in [0.29, 0.717) is 28.4 Å². The molecular weight excluding hydrogens is 497 g/mol. The summed E-state index contributed by atoms with van der Waals surface area (Å²) in [7, 11) is 0. The lowest BCUT2D eigenvalue weighted by Crippen LogP contribution is -2.51. The highest BCUT2D eigenvalue weighted by molar-refractivity contribution is 5.97. The number of amides is 4. The third kappa shape index (κ3) is 8.82. The number of hydrogen-bond donors (Lipinski definition) is 6. The number of carbonyl (C=O) groups excluding carboxylic acids is 3. The molecule has 0 unspecified atom stereocenters. The van der Waals surface area contributed by atoms with E-state index in [1.54, 1.807) is 38.1 Å².